The second-order valence-electron chi connectivity index (χ2n) is 10.3. The molecule has 0 atom stereocenters. The van der Waals surface area contributed by atoms with Crippen molar-refractivity contribution in [3.05, 3.63) is 139 Å². The number of benzene rings is 6. The third kappa shape index (κ3) is 3.53. The Balaban J connectivity index is 1.15. The van der Waals surface area contributed by atoms with E-state index in [-0.39, 0.29) is 0 Å². The zero-order valence-corrected chi connectivity index (χ0v) is 22.4. The van der Waals surface area contributed by atoms with E-state index in [0.29, 0.717) is 0 Å². The highest BCUT2D eigenvalue weighted by Gasteiger charge is 2.13. The number of hydrogen-bond donors (Lipinski definition) is 0. The van der Waals surface area contributed by atoms with Gasteiger partial charge in [-0.15, -0.1) is 11.3 Å². The monoisotopic (exact) mass is 515 g/mol. The first-order chi connectivity index (χ1) is 19.2. The summed E-state index contributed by atoms with van der Waals surface area (Å²) in [5.41, 5.74) is 9.96. The van der Waals surface area contributed by atoms with Gasteiger partial charge in [-0.3, -0.25) is 0 Å². The van der Waals surface area contributed by atoms with Gasteiger partial charge in [-0.2, -0.15) is 0 Å². The van der Waals surface area contributed by atoms with Crippen LogP contribution < -0.4 is 0 Å². The number of thiophene rings is 1. The van der Waals surface area contributed by atoms with E-state index in [1.807, 2.05) is 11.3 Å². The number of hydrogen-bond acceptors (Lipinski definition) is 1. The van der Waals surface area contributed by atoms with Crippen LogP contribution >= 0.6 is 11.3 Å². The van der Waals surface area contributed by atoms with E-state index in [1.54, 1.807) is 0 Å². The second-order valence-corrected chi connectivity index (χ2v) is 11.3. The maximum absolute atomic E-state index is 2.40. The van der Waals surface area contributed by atoms with Gasteiger partial charge in [-0.05, 0) is 71.1 Å². The summed E-state index contributed by atoms with van der Waals surface area (Å²) in [6, 6.07) is 48.8. The Labute approximate surface area is 231 Å². The largest absolute Gasteiger partial charge is 0.309 e. The molecule has 0 aliphatic heterocycles. The van der Waals surface area contributed by atoms with Crippen LogP contribution in [-0.2, 0) is 0 Å². The van der Waals surface area contributed by atoms with Crippen molar-refractivity contribution in [3.8, 4) is 27.9 Å². The fourth-order valence-corrected chi connectivity index (χ4v) is 7.11. The van der Waals surface area contributed by atoms with Crippen LogP contribution in [0.1, 0.15) is 5.56 Å². The highest BCUT2D eigenvalue weighted by Crippen LogP contribution is 2.37. The maximum atomic E-state index is 2.40. The normalized spacial score (nSPS) is 11.7. The molecule has 39 heavy (non-hydrogen) atoms. The van der Waals surface area contributed by atoms with E-state index < -0.39 is 0 Å². The van der Waals surface area contributed by atoms with Crippen LogP contribution in [0.2, 0.25) is 0 Å². The van der Waals surface area contributed by atoms with Crippen LogP contribution in [0.4, 0.5) is 0 Å². The van der Waals surface area contributed by atoms with Gasteiger partial charge in [0.1, 0.15) is 0 Å². The first-order valence-corrected chi connectivity index (χ1v) is 14.2. The topological polar surface area (TPSA) is 4.93 Å². The van der Waals surface area contributed by atoms with Crippen molar-refractivity contribution < 1.29 is 0 Å². The summed E-state index contributed by atoms with van der Waals surface area (Å²) in [6.45, 7) is 2.20. The molecule has 0 fully saturated rings. The highest BCUT2D eigenvalue weighted by molar-refractivity contribution is 7.25. The molecule has 1 nitrogen and oxygen atoms in total. The smallest absolute Gasteiger partial charge is 0.0570 e. The van der Waals surface area contributed by atoms with Gasteiger partial charge in [0.2, 0.25) is 0 Å². The van der Waals surface area contributed by atoms with Gasteiger partial charge >= 0.3 is 0 Å². The SMILES string of the molecule is Cc1cccc2c3ccccc3n(-c3ccc(-c4ccc(-c5ccc6sc7ccccc7c6c5)cc4)cc3)c12. The Kier molecular flexibility index (Phi) is 4.98. The second kappa shape index (κ2) is 8.69. The molecule has 0 amide bonds. The van der Waals surface area contributed by atoms with Crippen molar-refractivity contribution in [1.82, 2.24) is 4.57 Å². The van der Waals surface area contributed by atoms with Crippen molar-refractivity contribution in [3.63, 3.8) is 0 Å². The molecule has 0 N–H and O–H groups in total. The number of rotatable bonds is 3. The van der Waals surface area contributed by atoms with Crippen molar-refractivity contribution in [2.24, 2.45) is 0 Å². The molecule has 0 aliphatic rings. The molecule has 0 bridgehead atoms. The number of nitrogens with zero attached hydrogens (tertiary/aromatic N) is 1. The van der Waals surface area contributed by atoms with Crippen LogP contribution in [0.5, 0.6) is 0 Å². The average Bonchev–Trinajstić information content (AvgIpc) is 3.54. The summed E-state index contributed by atoms with van der Waals surface area (Å²) >= 11 is 1.87. The molecule has 8 aromatic rings. The van der Waals surface area contributed by atoms with Gasteiger partial charge in [-0.25, -0.2) is 0 Å². The first kappa shape index (κ1) is 22.3. The Hall–Kier alpha value is -4.66. The van der Waals surface area contributed by atoms with Crippen LogP contribution in [0.15, 0.2) is 133 Å². The molecule has 0 saturated heterocycles. The van der Waals surface area contributed by atoms with Gasteiger partial charge in [0.25, 0.3) is 0 Å². The summed E-state index contributed by atoms with van der Waals surface area (Å²) in [4.78, 5) is 0. The molecule has 6 aromatic carbocycles. The standard InChI is InChI=1S/C37H25NS/c1-24-7-6-10-32-30-8-2-4-11-34(30)38(37(24)32)29-20-17-26(18-21-29)25-13-15-27(16-14-25)28-19-22-36-33(23-28)31-9-3-5-12-35(31)39-36/h2-23H,1H3. The van der Waals surface area contributed by atoms with Crippen molar-refractivity contribution in [1.29, 1.82) is 0 Å². The predicted molar refractivity (Wildman–Crippen MR) is 169 cm³/mol. The van der Waals surface area contributed by atoms with Gasteiger partial charge in [0.15, 0.2) is 0 Å². The lowest BCUT2D eigenvalue weighted by molar-refractivity contribution is 1.17. The third-order valence-corrected chi connectivity index (χ3v) is 9.10. The average molecular weight is 516 g/mol. The predicted octanol–water partition coefficient (Wildman–Crippen LogP) is 10.8. The zero-order valence-electron chi connectivity index (χ0n) is 21.6. The quantitative estimate of drug-likeness (QED) is 0.220. The summed E-state index contributed by atoms with van der Waals surface area (Å²) in [7, 11) is 0. The Morgan fingerprint density at radius 2 is 1.05 bits per heavy atom. The number of fused-ring (bicyclic) bond motifs is 6. The van der Waals surface area contributed by atoms with Crippen molar-refractivity contribution in [2.45, 2.75) is 6.92 Å². The third-order valence-electron chi connectivity index (χ3n) is 7.95. The Morgan fingerprint density at radius 1 is 0.462 bits per heavy atom. The molecule has 2 heteroatoms. The van der Waals surface area contributed by atoms with E-state index >= 15 is 0 Å². The molecule has 0 saturated carbocycles. The van der Waals surface area contributed by atoms with E-state index in [1.165, 1.54) is 75.5 Å². The minimum Gasteiger partial charge on any atom is -0.309 e. The highest BCUT2D eigenvalue weighted by atomic mass is 32.1. The molecule has 2 heterocycles. The van der Waals surface area contributed by atoms with Crippen molar-refractivity contribution in [2.75, 3.05) is 0 Å². The van der Waals surface area contributed by atoms with Crippen LogP contribution in [-0.4, -0.2) is 4.57 Å². The van der Waals surface area contributed by atoms with E-state index in [0.717, 1.165) is 0 Å². The lowest BCUT2D eigenvalue weighted by Crippen LogP contribution is -1.95. The van der Waals surface area contributed by atoms with Crippen LogP contribution in [0, 0.1) is 6.92 Å². The number of aromatic nitrogens is 1. The fourth-order valence-electron chi connectivity index (χ4n) is 6.02. The lowest BCUT2D eigenvalue weighted by atomic mass is 9.99. The summed E-state index contributed by atoms with van der Waals surface area (Å²) in [5.74, 6) is 0. The van der Waals surface area contributed by atoms with Crippen LogP contribution in [0.3, 0.4) is 0 Å². The first-order valence-electron chi connectivity index (χ1n) is 13.4. The fraction of sp³-hybridized carbons (Fsp3) is 0.0270. The molecule has 0 radical (unpaired) electrons. The molecular weight excluding hydrogens is 490 g/mol. The minimum absolute atomic E-state index is 1.19. The molecule has 0 aliphatic carbocycles. The van der Waals surface area contributed by atoms with Gasteiger partial charge in [-0.1, -0.05) is 97.1 Å². The summed E-state index contributed by atoms with van der Waals surface area (Å²) in [5, 5.41) is 5.28. The van der Waals surface area contributed by atoms with Gasteiger partial charge in [0, 0.05) is 36.6 Å². The van der Waals surface area contributed by atoms with Crippen LogP contribution in [0.25, 0.3) is 69.9 Å². The molecule has 0 unspecified atom stereocenters. The Morgan fingerprint density at radius 3 is 1.85 bits per heavy atom. The van der Waals surface area contributed by atoms with Crippen molar-refractivity contribution >= 4 is 53.3 Å². The van der Waals surface area contributed by atoms with Gasteiger partial charge in [0.05, 0.1) is 11.0 Å². The lowest BCUT2D eigenvalue weighted by Gasteiger charge is -2.11. The summed E-state index contributed by atoms with van der Waals surface area (Å²) in [6.07, 6.45) is 0. The molecule has 2 aromatic heterocycles. The summed E-state index contributed by atoms with van der Waals surface area (Å²) < 4.78 is 5.09. The number of aryl methyl sites for hydroxylation is 1. The van der Waals surface area contributed by atoms with Gasteiger partial charge < -0.3 is 4.57 Å². The zero-order chi connectivity index (χ0) is 25.9. The minimum atomic E-state index is 1.19. The Bertz CT molecular complexity index is 2160. The molecule has 0 spiro atoms. The maximum Gasteiger partial charge on any atom is 0.0570 e. The molecular formula is C37H25NS. The molecule has 184 valence electrons. The number of para-hydroxylation sites is 2. The molecule has 8 rings (SSSR count). The van der Waals surface area contributed by atoms with E-state index in [2.05, 4.69) is 145 Å². The van der Waals surface area contributed by atoms with E-state index in [9.17, 15) is 0 Å². The van der Waals surface area contributed by atoms with E-state index in [4.69, 9.17) is 0 Å².